The fourth-order valence-electron chi connectivity index (χ4n) is 0.753. The molecular weight excluding hydrogens is 216 g/mol. The summed E-state index contributed by atoms with van der Waals surface area (Å²) in [5, 5.41) is 18.7. The molecule has 4 N–H and O–H groups in total. The van der Waals surface area contributed by atoms with Gasteiger partial charge in [-0.2, -0.15) is 0 Å². The van der Waals surface area contributed by atoms with Crippen LogP contribution in [0.25, 0.3) is 0 Å². The molecule has 0 aromatic carbocycles. The normalized spacial score (nSPS) is 14.5. The van der Waals surface area contributed by atoms with Gasteiger partial charge >= 0.3 is 5.97 Å². The Morgan fingerprint density at radius 1 is 1.67 bits per heavy atom. The molecule has 0 fully saturated rings. The highest BCUT2D eigenvalue weighted by molar-refractivity contribution is 7.99. The molecule has 1 aromatic rings. The maximum atomic E-state index is 10.6. The van der Waals surface area contributed by atoms with Crippen LogP contribution in [-0.4, -0.2) is 32.5 Å². The van der Waals surface area contributed by atoms with E-state index in [0.717, 1.165) is 0 Å². The van der Waals surface area contributed by atoms with Crippen molar-refractivity contribution in [2.24, 2.45) is 0 Å². The molecule has 6 heteroatoms. The summed E-state index contributed by atoms with van der Waals surface area (Å²) in [7, 11) is 0. The molecule has 0 spiro atoms. The van der Waals surface area contributed by atoms with Crippen LogP contribution in [0.3, 0.4) is 0 Å². The van der Waals surface area contributed by atoms with Gasteiger partial charge in [0.15, 0.2) is 5.60 Å². The third-order valence-corrected chi connectivity index (χ3v) is 2.96. The van der Waals surface area contributed by atoms with Crippen molar-refractivity contribution in [1.29, 1.82) is 0 Å². The summed E-state index contributed by atoms with van der Waals surface area (Å²) in [5.41, 5.74) is 4.24. The van der Waals surface area contributed by atoms with Crippen molar-refractivity contribution in [3.8, 4) is 0 Å². The van der Waals surface area contributed by atoms with Crippen LogP contribution in [-0.2, 0) is 4.79 Å². The Hall–Kier alpha value is -1.27. The summed E-state index contributed by atoms with van der Waals surface area (Å²) in [4.78, 5) is 14.6. The summed E-state index contributed by atoms with van der Waals surface area (Å²) in [6.07, 6.45) is 1.48. The van der Waals surface area contributed by atoms with Crippen molar-refractivity contribution in [3.63, 3.8) is 0 Å². The smallest absolute Gasteiger partial charge is 0.336 e. The molecule has 0 saturated heterocycles. The number of hydrogen-bond donors (Lipinski definition) is 3. The van der Waals surface area contributed by atoms with E-state index in [1.165, 1.54) is 24.9 Å². The Morgan fingerprint density at radius 3 is 2.80 bits per heavy atom. The topological polar surface area (TPSA) is 96.4 Å². The molecule has 1 unspecified atom stereocenters. The summed E-state index contributed by atoms with van der Waals surface area (Å²) < 4.78 is 0. The van der Waals surface area contributed by atoms with E-state index in [2.05, 4.69) is 4.98 Å². The van der Waals surface area contributed by atoms with Crippen molar-refractivity contribution in [3.05, 3.63) is 18.3 Å². The number of carboxylic acid groups (broad SMARTS) is 1. The van der Waals surface area contributed by atoms with Gasteiger partial charge in [-0.25, -0.2) is 9.78 Å². The molecule has 15 heavy (non-hydrogen) atoms. The number of aromatic nitrogens is 1. The van der Waals surface area contributed by atoms with Crippen LogP contribution in [0.15, 0.2) is 23.4 Å². The number of rotatable bonds is 4. The molecular formula is C9H12N2O3S. The Balaban J connectivity index is 2.57. The molecule has 5 nitrogen and oxygen atoms in total. The lowest BCUT2D eigenvalue weighted by Gasteiger charge is -2.16. The van der Waals surface area contributed by atoms with E-state index in [-0.39, 0.29) is 5.75 Å². The predicted octanol–water partition coefficient (Wildman–Crippen LogP) is 0.592. The molecule has 0 amide bonds. The zero-order chi connectivity index (χ0) is 11.5. The molecule has 1 atom stereocenters. The number of thioether (sulfide) groups is 1. The summed E-state index contributed by atoms with van der Waals surface area (Å²) >= 11 is 1.17. The number of nitrogens with zero attached hydrogens (tertiary/aromatic N) is 1. The first-order chi connectivity index (χ1) is 6.92. The number of pyridine rings is 1. The number of aliphatic carboxylic acids is 1. The molecule has 0 aliphatic heterocycles. The number of carboxylic acids is 1. The average molecular weight is 228 g/mol. The van der Waals surface area contributed by atoms with Crippen LogP contribution >= 0.6 is 11.8 Å². The third kappa shape index (κ3) is 3.41. The van der Waals surface area contributed by atoms with E-state index in [9.17, 15) is 9.90 Å². The van der Waals surface area contributed by atoms with Gasteiger partial charge in [0.25, 0.3) is 0 Å². The first kappa shape index (κ1) is 11.8. The zero-order valence-corrected chi connectivity index (χ0v) is 8.99. The third-order valence-electron chi connectivity index (χ3n) is 1.72. The Kier molecular flexibility index (Phi) is 3.54. The second-order valence-corrected chi connectivity index (χ2v) is 4.29. The lowest BCUT2D eigenvalue weighted by atomic mass is 10.1. The Labute approximate surface area is 91.3 Å². The van der Waals surface area contributed by atoms with Crippen LogP contribution in [0.2, 0.25) is 0 Å². The number of anilines is 1. The highest BCUT2D eigenvalue weighted by atomic mass is 32.2. The monoisotopic (exact) mass is 228 g/mol. The van der Waals surface area contributed by atoms with E-state index in [1.54, 1.807) is 12.1 Å². The maximum absolute atomic E-state index is 10.6. The van der Waals surface area contributed by atoms with Gasteiger partial charge in [-0.05, 0) is 19.1 Å². The SMILES string of the molecule is CC(O)(CSc1ccc(N)cn1)C(=O)O. The fraction of sp³-hybridized carbons (Fsp3) is 0.333. The molecule has 0 aliphatic rings. The second-order valence-electron chi connectivity index (χ2n) is 3.30. The van der Waals surface area contributed by atoms with E-state index >= 15 is 0 Å². The highest BCUT2D eigenvalue weighted by Gasteiger charge is 2.29. The van der Waals surface area contributed by atoms with Crippen molar-refractivity contribution >= 4 is 23.4 Å². The minimum atomic E-state index is -1.74. The van der Waals surface area contributed by atoms with Crippen molar-refractivity contribution in [2.75, 3.05) is 11.5 Å². The van der Waals surface area contributed by atoms with E-state index in [1.807, 2.05) is 0 Å². The van der Waals surface area contributed by atoms with Gasteiger partial charge in [0.1, 0.15) is 0 Å². The highest BCUT2D eigenvalue weighted by Crippen LogP contribution is 2.21. The standard InChI is InChI=1S/C9H12N2O3S/c1-9(14,8(12)13)5-15-7-3-2-6(10)4-11-7/h2-4,14H,5,10H2,1H3,(H,12,13). The first-order valence-electron chi connectivity index (χ1n) is 4.22. The van der Waals surface area contributed by atoms with Crippen LogP contribution in [0, 0.1) is 0 Å². The molecule has 1 heterocycles. The first-order valence-corrected chi connectivity index (χ1v) is 5.20. The summed E-state index contributed by atoms with van der Waals surface area (Å²) in [5.74, 6) is -1.20. The number of aliphatic hydroxyl groups is 1. The van der Waals surface area contributed by atoms with Gasteiger partial charge in [0.2, 0.25) is 0 Å². The predicted molar refractivity (Wildman–Crippen MR) is 57.6 cm³/mol. The van der Waals surface area contributed by atoms with Gasteiger partial charge in [-0.3, -0.25) is 0 Å². The van der Waals surface area contributed by atoms with Crippen LogP contribution in [0.1, 0.15) is 6.92 Å². The van der Waals surface area contributed by atoms with Crippen molar-refractivity contribution < 1.29 is 15.0 Å². The van der Waals surface area contributed by atoms with Gasteiger partial charge in [0, 0.05) is 5.75 Å². The fourth-order valence-corrected chi connectivity index (χ4v) is 1.60. The summed E-state index contributed by atoms with van der Waals surface area (Å²) in [6.45, 7) is 1.25. The lowest BCUT2D eigenvalue weighted by Crippen LogP contribution is -2.37. The van der Waals surface area contributed by atoms with Gasteiger partial charge < -0.3 is 15.9 Å². The number of nitrogens with two attached hydrogens (primary N) is 1. The molecule has 1 rings (SSSR count). The average Bonchev–Trinajstić information content (AvgIpc) is 2.17. The second kappa shape index (κ2) is 4.50. The molecule has 82 valence electrons. The number of carbonyl (C=O) groups is 1. The maximum Gasteiger partial charge on any atom is 0.336 e. The van der Waals surface area contributed by atoms with Gasteiger partial charge in [0.05, 0.1) is 16.9 Å². The molecule has 0 saturated carbocycles. The molecule has 0 bridgehead atoms. The Morgan fingerprint density at radius 2 is 2.33 bits per heavy atom. The van der Waals surface area contributed by atoms with Gasteiger partial charge in [-0.15, -0.1) is 11.8 Å². The minimum Gasteiger partial charge on any atom is -0.479 e. The number of nitrogen functional groups attached to an aromatic ring is 1. The molecule has 0 radical (unpaired) electrons. The zero-order valence-electron chi connectivity index (χ0n) is 8.17. The van der Waals surface area contributed by atoms with Gasteiger partial charge in [-0.1, -0.05) is 0 Å². The number of hydrogen-bond acceptors (Lipinski definition) is 5. The Bertz CT molecular complexity index is 351. The largest absolute Gasteiger partial charge is 0.479 e. The van der Waals surface area contributed by atoms with E-state index in [0.29, 0.717) is 10.7 Å². The lowest BCUT2D eigenvalue weighted by molar-refractivity contribution is -0.154. The molecule has 0 aliphatic carbocycles. The quantitative estimate of drug-likeness (QED) is 0.653. The van der Waals surface area contributed by atoms with Crippen LogP contribution in [0.5, 0.6) is 0 Å². The van der Waals surface area contributed by atoms with Crippen LogP contribution < -0.4 is 5.73 Å². The minimum absolute atomic E-state index is 0.0409. The summed E-state index contributed by atoms with van der Waals surface area (Å²) in [6, 6.07) is 3.35. The molecule has 1 aromatic heterocycles. The van der Waals surface area contributed by atoms with Crippen molar-refractivity contribution in [2.45, 2.75) is 17.6 Å². The van der Waals surface area contributed by atoms with Crippen LogP contribution in [0.4, 0.5) is 5.69 Å². The van der Waals surface area contributed by atoms with E-state index < -0.39 is 11.6 Å². The van der Waals surface area contributed by atoms with Crippen molar-refractivity contribution in [1.82, 2.24) is 4.98 Å². The van der Waals surface area contributed by atoms with E-state index in [4.69, 9.17) is 10.8 Å².